The summed E-state index contributed by atoms with van der Waals surface area (Å²) in [6, 6.07) is 21.2. The van der Waals surface area contributed by atoms with Crippen molar-refractivity contribution in [2.45, 2.75) is 46.1 Å². The zero-order chi connectivity index (χ0) is 23.1. The van der Waals surface area contributed by atoms with Crippen LogP contribution < -0.4 is 9.64 Å². The van der Waals surface area contributed by atoms with E-state index in [0.29, 0.717) is 17.9 Å². The molecular weight excluding hydrogens is 396 g/mol. The number of ether oxygens (including phenoxy) is 2. The van der Waals surface area contributed by atoms with Crippen LogP contribution in [-0.4, -0.2) is 32.4 Å². The first-order valence-electron chi connectivity index (χ1n) is 11.4. The van der Waals surface area contributed by atoms with E-state index < -0.39 is 5.60 Å². The largest absolute Gasteiger partial charge is 0.486 e. The van der Waals surface area contributed by atoms with Crippen LogP contribution in [0, 0.1) is 11.3 Å². The molecule has 0 heterocycles. The summed E-state index contributed by atoms with van der Waals surface area (Å²) >= 11 is 0. The second-order valence-corrected chi connectivity index (χ2v) is 8.72. The lowest BCUT2D eigenvalue weighted by Gasteiger charge is -2.27. The normalized spacial score (nSPS) is 11.4. The van der Waals surface area contributed by atoms with Crippen LogP contribution in [0.3, 0.4) is 0 Å². The van der Waals surface area contributed by atoms with Crippen molar-refractivity contribution < 1.29 is 9.47 Å². The molecule has 0 amide bonds. The summed E-state index contributed by atoms with van der Waals surface area (Å²) in [4.78, 5) is 2.40. The quantitative estimate of drug-likeness (QED) is 0.354. The summed E-state index contributed by atoms with van der Waals surface area (Å²) in [7, 11) is 1.68. The van der Waals surface area contributed by atoms with Gasteiger partial charge in [-0.3, -0.25) is 0 Å². The summed E-state index contributed by atoms with van der Waals surface area (Å²) in [5, 5.41) is 12.3. The highest BCUT2D eigenvalue weighted by Crippen LogP contribution is 2.34. The topological polar surface area (TPSA) is 45.5 Å². The van der Waals surface area contributed by atoms with Crippen LogP contribution in [-0.2, 0) is 4.74 Å². The monoisotopic (exact) mass is 430 g/mol. The highest BCUT2D eigenvalue weighted by molar-refractivity contribution is 5.91. The molecule has 0 spiro atoms. The third kappa shape index (κ3) is 5.41. The predicted octanol–water partition coefficient (Wildman–Crippen LogP) is 6.81. The third-order valence-electron chi connectivity index (χ3n) is 5.81. The molecule has 0 aliphatic rings. The smallest absolute Gasteiger partial charge is 0.138 e. The summed E-state index contributed by atoms with van der Waals surface area (Å²) in [6.07, 6.45) is 1.87. The van der Waals surface area contributed by atoms with Gasteiger partial charge in [-0.05, 0) is 67.8 Å². The molecule has 32 heavy (non-hydrogen) atoms. The van der Waals surface area contributed by atoms with Gasteiger partial charge in [0.15, 0.2) is 0 Å². The average Bonchev–Trinajstić information content (AvgIpc) is 2.80. The van der Waals surface area contributed by atoms with E-state index >= 15 is 0 Å². The first-order chi connectivity index (χ1) is 15.4. The molecule has 0 unspecified atom stereocenters. The Bertz CT molecular complexity index is 1100. The Morgan fingerprint density at radius 1 is 1.00 bits per heavy atom. The van der Waals surface area contributed by atoms with E-state index in [2.05, 4.69) is 61.2 Å². The lowest BCUT2D eigenvalue weighted by atomic mass is 9.96. The van der Waals surface area contributed by atoms with Crippen molar-refractivity contribution in [1.29, 1.82) is 5.26 Å². The standard InChI is InChI=1S/C28H34N2O2/c1-6-16-30(7-2)24-14-13-21-18-23(12-11-22(21)19-24)25-9-8-10-27(26(25)20-29)32-28(3,4)15-17-31-5/h8-14,18-19H,6-7,15-17H2,1-5H3. The lowest BCUT2D eigenvalue weighted by molar-refractivity contribution is 0.0628. The SMILES string of the molecule is CCCN(CC)c1ccc2cc(-c3cccc(OC(C)(C)CCOC)c3C#N)ccc2c1. The van der Waals surface area contributed by atoms with Gasteiger partial charge in [-0.2, -0.15) is 5.26 Å². The molecule has 3 aromatic rings. The maximum Gasteiger partial charge on any atom is 0.138 e. The molecule has 168 valence electrons. The number of fused-ring (bicyclic) bond motifs is 1. The molecule has 0 bridgehead atoms. The van der Waals surface area contributed by atoms with Crippen molar-refractivity contribution >= 4 is 16.5 Å². The molecule has 3 aromatic carbocycles. The fraction of sp³-hybridized carbons (Fsp3) is 0.393. The molecule has 0 atom stereocenters. The number of benzene rings is 3. The number of anilines is 1. The van der Waals surface area contributed by atoms with Gasteiger partial charge >= 0.3 is 0 Å². The van der Waals surface area contributed by atoms with Gasteiger partial charge in [0.25, 0.3) is 0 Å². The number of rotatable bonds is 10. The van der Waals surface area contributed by atoms with Crippen molar-refractivity contribution in [3.8, 4) is 22.9 Å². The maximum atomic E-state index is 9.96. The van der Waals surface area contributed by atoms with E-state index in [1.54, 1.807) is 7.11 Å². The van der Waals surface area contributed by atoms with Gasteiger partial charge in [0.2, 0.25) is 0 Å². The van der Waals surface area contributed by atoms with E-state index in [4.69, 9.17) is 9.47 Å². The Kier molecular flexibility index (Phi) is 7.77. The van der Waals surface area contributed by atoms with E-state index in [9.17, 15) is 5.26 Å². The first-order valence-corrected chi connectivity index (χ1v) is 11.4. The Hall–Kier alpha value is -3.03. The zero-order valence-corrected chi connectivity index (χ0v) is 19.9. The van der Waals surface area contributed by atoms with E-state index in [1.165, 1.54) is 11.1 Å². The molecule has 0 aliphatic heterocycles. The second kappa shape index (κ2) is 10.5. The number of hydrogen-bond acceptors (Lipinski definition) is 4. The zero-order valence-electron chi connectivity index (χ0n) is 19.9. The number of hydrogen-bond donors (Lipinski definition) is 0. The molecule has 0 aliphatic carbocycles. The highest BCUT2D eigenvalue weighted by atomic mass is 16.5. The fourth-order valence-corrected chi connectivity index (χ4v) is 4.01. The van der Waals surface area contributed by atoms with E-state index in [0.717, 1.165) is 42.4 Å². The number of nitrogens with zero attached hydrogens (tertiary/aromatic N) is 2. The second-order valence-electron chi connectivity index (χ2n) is 8.72. The Balaban J connectivity index is 1.97. The van der Waals surface area contributed by atoms with Gasteiger partial charge in [-0.15, -0.1) is 0 Å². The lowest BCUT2D eigenvalue weighted by Crippen LogP contribution is -2.30. The summed E-state index contributed by atoms with van der Waals surface area (Å²) in [5.41, 5.74) is 3.29. The molecular formula is C28H34N2O2. The van der Waals surface area contributed by atoms with Gasteiger partial charge in [0, 0.05) is 44.5 Å². The maximum absolute atomic E-state index is 9.96. The average molecular weight is 431 g/mol. The molecule has 4 heteroatoms. The molecule has 0 radical (unpaired) electrons. The third-order valence-corrected chi connectivity index (χ3v) is 5.81. The molecule has 0 aromatic heterocycles. The summed E-state index contributed by atoms with van der Waals surface area (Å²) in [6.45, 7) is 11.1. The van der Waals surface area contributed by atoms with Crippen LogP contribution in [0.25, 0.3) is 21.9 Å². The van der Waals surface area contributed by atoms with E-state index in [-0.39, 0.29) is 0 Å². The fourth-order valence-electron chi connectivity index (χ4n) is 4.01. The summed E-state index contributed by atoms with van der Waals surface area (Å²) < 4.78 is 11.4. The minimum absolute atomic E-state index is 0.427. The van der Waals surface area contributed by atoms with Gasteiger partial charge in [-0.1, -0.05) is 37.3 Å². The Morgan fingerprint density at radius 3 is 2.44 bits per heavy atom. The minimum atomic E-state index is -0.427. The van der Waals surface area contributed by atoms with Crippen LogP contribution in [0.4, 0.5) is 5.69 Å². The van der Waals surface area contributed by atoms with Gasteiger partial charge in [0.1, 0.15) is 23.0 Å². The number of methoxy groups -OCH3 is 1. The Labute approximate surface area is 192 Å². The molecule has 0 saturated carbocycles. The van der Waals surface area contributed by atoms with Gasteiger partial charge < -0.3 is 14.4 Å². The predicted molar refractivity (Wildman–Crippen MR) is 133 cm³/mol. The van der Waals surface area contributed by atoms with Gasteiger partial charge in [-0.25, -0.2) is 0 Å². The van der Waals surface area contributed by atoms with Crippen molar-refractivity contribution in [2.24, 2.45) is 0 Å². The van der Waals surface area contributed by atoms with E-state index in [1.807, 2.05) is 32.0 Å². The van der Waals surface area contributed by atoms with Crippen LogP contribution in [0.5, 0.6) is 5.75 Å². The molecule has 4 nitrogen and oxygen atoms in total. The summed E-state index contributed by atoms with van der Waals surface area (Å²) in [5.74, 6) is 0.611. The van der Waals surface area contributed by atoms with Crippen LogP contribution in [0.15, 0.2) is 54.6 Å². The van der Waals surface area contributed by atoms with Gasteiger partial charge in [0.05, 0.1) is 0 Å². The van der Waals surface area contributed by atoms with Crippen molar-refractivity contribution in [1.82, 2.24) is 0 Å². The van der Waals surface area contributed by atoms with Crippen LogP contribution >= 0.6 is 0 Å². The molecule has 0 saturated heterocycles. The van der Waals surface area contributed by atoms with Crippen molar-refractivity contribution in [3.63, 3.8) is 0 Å². The highest BCUT2D eigenvalue weighted by Gasteiger charge is 2.22. The number of nitriles is 1. The molecule has 0 fully saturated rings. The Morgan fingerprint density at radius 2 is 1.75 bits per heavy atom. The van der Waals surface area contributed by atoms with Crippen molar-refractivity contribution in [3.05, 3.63) is 60.2 Å². The molecule has 0 N–H and O–H groups in total. The van der Waals surface area contributed by atoms with Crippen LogP contribution in [0.1, 0.15) is 46.1 Å². The first kappa shape index (κ1) is 23.6. The molecule has 3 rings (SSSR count). The minimum Gasteiger partial charge on any atom is -0.486 e. The van der Waals surface area contributed by atoms with Crippen LogP contribution in [0.2, 0.25) is 0 Å². The van der Waals surface area contributed by atoms with Crippen molar-refractivity contribution in [2.75, 3.05) is 31.7 Å².